The molecule has 0 spiro atoms. The molecule has 6 rings (SSSR count). The van der Waals surface area contributed by atoms with Gasteiger partial charge >= 0.3 is 6.18 Å². The van der Waals surface area contributed by atoms with Crippen LogP contribution in [-0.4, -0.2) is 37.7 Å². The molecule has 0 amide bonds. The van der Waals surface area contributed by atoms with Crippen LogP contribution in [0, 0.1) is 11.8 Å². The molecule has 1 aromatic carbocycles. The van der Waals surface area contributed by atoms with Crippen LogP contribution >= 0.6 is 0 Å². The zero-order valence-electron chi connectivity index (χ0n) is 22.5. The van der Waals surface area contributed by atoms with Crippen LogP contribution in [0.1, 0.15) is 92.0 Å². The van der Waals surface area contributed by atoms with Gasteiger partial charge in [-0.05, 0) is 86.2 Å². The Morgan fingerprint density at radius 2 is 1.92 bits per heavy atom. The van der Waals surface area contributed by atoms with Gasteiger partial charge in [-0.3, -0.25) is 9.88 Å². The largest absolute Gasteiger partial charge is 0.418 e. The van der Waals surface area contributed by atoms with E-state index in [1.165, 1.54) is 18.9 Å². The molecule has 9 heteroatoms. The lowest BCUT2D eigenvalue weighted by atomic mass is 9.72. The van der Waals surface area contributed by atoms with Crippen LogP contribution in [0.5, 0.6) is 0 Å². The maximum atomic E-state index is 14.1. The highest BCUT2D eigenvalue weighted by Crippen LogP contribution is 2.45. The monoisotopic (exact) mass is 538 g/mol. The summed E-state index contributed by atoms with van der Waals surface area (Å²) < 4.78 is 44.4. The Balaban J connectivity index is 1.20. The number of aromatic nitrogens is 4. The molecule has 3 heterocycles. The van der Waals surface area contributed by atoms with Gasteiger partial charge in [0.2, 0.25) is 0 Å². The Labute approximate surface area is 228 Å². The van der Waals surface area contributed by atoms with E-state index in [0.29, 0.717) is 30.0 Å². The first-order valence-electron chi connectivity index (χ1n) is 14.4. The summed E-state index contributed by atoms with van der Waals surface area (Å²) in [7, 11) is 0. The number of hydrogen-bond donors (Lipinski definition) is 1. The molecule has 0 bridgehead atoms. The number of anilines is 1. The van der Waals surface area contributed by atoms with Crippen molar-refractivity contribution in [2.45, 2.75) is 83.1 Å². The molecule has 2 aromatic heterocycles. The molecule has 1 unspecified atom stereocenters. The van der Waals surface area contributed by atoms with Crippen molar-refractivity contribution in [2.75, 3.05) is 18.4 Å². The smallest absolute Gasteiger partial charge is 0.379 e. The lowest BCUT2D eigenvalue weighted by molar-refractivity contribution is -0.138. The first-order chi connectivity index (χ1) is 18.8. The topological polar surface area (TPSA) is 58.9 Å². The predicted molar refractivity (Wildman–Crippen MR) is 144 cm³/mol. The molecule has 6 nitrogen and oxygen atoms in total. The molecular weight excluding hydrogens is 501 g/mol. The SMILES string of the molecule is C[C@H]1CCCN(Cc2cnc(CNc3cccc(C(c4nncn4C4CC4)C4CCC4)c3)c(C(F)(F)F)c2)C1. The van der Waals surface area contributed by atoms with E-state index in [-0.39, 0.29) is 18.2 Å². The highest BCUT2D eigenvalue weighted by Gasteiger charge is 2.37. The number of benzene rings is 1. The molecule has 1 saturated heterocycles. The summed E-state index contributed by atoms with van der Waals surface area (Å²) in [6.45, 7) is 4.54. The average Bonchev–Trinajstić information content (AvgIpc) is 3.61. The second-order valence-corrected chi connectivity index (χ2v) is 11.8. The van der Waals surface area contributed by atoms with Crippen molar-refractivity contribution < 1.29 is 13.2 Å². The Kier molecular flexibility index (Phi) is 7.35. The molecule has 1 aliphatic heterocycles. The van der Waals surface area contributed by atoms with E-state index in [0.717, 1.165) is 62.3 Å². The van der Waals surface area contributed by atoms with Crippen LogP contribution in [0.4, 0.5) is 18.9 Å². The van der Waals surface area contributed by atoms with Gasteiger partial charge in [0.05, 0.1) is 17.8 Å². The van der Waals surface area contributed by atoms with Crippen LogP contribution in [-0.2, 0) is 19.3 Å². The maximum absolute atomic E-state index is 14.1. The molecular formula is C30H37F3N6. The van der Waals surface area contributed by atoms with Gasteiger partial charge in [-0.1, -0.05) is 25.5 Å². The van der Waals surface area contributed by atoms with Crippen LogP contribution in [0.2, 0.25) is 0 Å². The standard InChI is InChI=1S/C30H37F3N6/c1-20-5-4-12-38(17-20)18-21-13-26(30(31,32)33)27(35-15-21)16-34-24-9-3-8-23(14-24)28(22-6-2-7-22)29-37-36-19-39(29)25-10-11-25/h3,8-9,13-15,19-20,22,25,28,34H,2,4-7,10-12,16-18H2,1H3/t20-,28?/m0/s1. The number of rotatable bonds is 9. The summed E-state index contributed by atoms with van der Waals surface area (Å²) in [6.07, 6.45) is 7.11. The summed E-state index contributed by atoms with van der Waals surface area (Å²) in [5.74, 6) is 2.24. The predicted octanol–water partition coefficient (Wildman–Crippen LogP) is 6.80. The third-order valence-corrected chi connectivity index (χ3v) is 8.63. The summed E-state index contributed by atoms with van der Waals surface area (Å²) in [5, 5.41) is 12.0. The van der Waals surface area contributed by atoms with E-state index in [9.17, 15) is 13.2 Å². The molecule has 1 N–H and O–H groups in total. The van der Waals surface area contributed by atoms with Crippen molar-refractivity contribution in [3.05, 3.63) is 71.1 Å². The van der Waals surface area contributed by atoms with E-state index >= 15 is 0 Å². The molecule has 3 fully saturated rings. The van der Waals surface area contributed by atoms with Gasteiger partial charge in [0, 0.05) is 36.9 Å². The second kappa shape index (κ2) is 10.9. The molecule has 2 atom stereocenters. The number of alkyl halides is 3. The molecule has 3 aliphatic rings. The van der Waals surface area contributed by atoms with Crippen LogP contribution in [0.15, 0.2) is 42.9 Å². The van der Waals surface area contributed by atoms with Gasteiger partial charge in [0.1, 0.15) is 12.2 Å². The minimum Gasteiger partial charge on any atom is -0.379 e. The quantitative estimate of drug-likeness (QED) is 0.325. The Hall–Kier alpha value is -2.94. The minimum atomic E-state index is -4.46. The van der Waals surface area contributed by atoms with Gasteiger partial charge in [-0.15, -0.1) is 10.2 Å². The number of pyridine rings is 1. The molecule has 0 radical (unpaired) electrons. The zero-order valence-corrected chi connectivity index (χ0v) is 22.5. The third kappa shape index (κ3) is 5.98. The Bertz CT molecular complexity index is 1280. The van der Waals surface area contributed by atoms with E-state index in [1.54, 1.807) is 6.20 Å². The first kappa shape index (κ1) is 26.3. The van der Waals surface area contributed by atoms with Crippen molar-refractivity contribution in [1.29, 1.82) is 0 Å². The van der Waals surface area contributed by atoms with Crippen molar-refractivity contribution in [1.82, 2.24) is 24.6 Å². The molecule has 3 aromatic rings. The fourth-order valence-electron chi connectivity index (χ4n) is 6.24. The highest BCUT2D eigenvalue weighted by atomic mass is 19.4. The second-order valence-electron chi connectivity index (χ2n) is 11.8. The van der Waals surface area contributed by atoms with Gasteiger partial charge in [-0.2, -0.15) is 13.2 Å². The first-order valence-corrected chi connectivity index (χ1v) is 14.4. The van der Waals surface area contributed by atoms with Crippen LogP contribution in [0.3, 0.4) is 0 Å². The molecule has 2 saturated carbocycles. The van der Waals surface area contributed by atoms with Gasteiger partial charge in [0.25, 0.3) is 0 Å². The normalized spacial score (nSPS) is 21.5. The van der Waals surface area contributed by atoms with Crippen molar-refractivity contribution in [2.24, 2.45) is 11.8 Å². The number of likely N-dealkylation sites (tertiary alicyclic amines) is 1. The van der Waals surface area contributed by atoms with E-state index in [4.69, 9.17) is 0 Å². The average molecular weight is 539 g/mol. The van der Waals surface area contributed by atoms with E-state index in [1.807, 2.05) is 18.5 Å². The lowest BCUT2D eigenvalue weighted by Crippen LogP contribution is -2.33. The summed E-state index contributed by atoms with van der Waals surface area (Å²) >= 11 is 0. The minimum absolute atomic E-state index is 0.00563. The van der Waals surface area contributed by atoms with E-state index in [2.05, 4.69) is 49.0 Å². The van der Waals surface area contributed by atoms with Gasteiger partial charge < -0.3 is 9.88 Å². The summed E-state index contributed by atoms with van der Waals surface area (Å²) in [4.78, 5) is 6.53. The van der Waals surface area contributed by atoms with Crippen molar-refractivity contribution >= 4 is 5.69 Å². The van der Waals surface area contributed by atoms with E-state index < -0.39 is 11.7 Å². The number of hydrogen-bond acceptors (Lipinski definition) is 5. The van der Waals surface area contributed by atoms with Crippen LogP contribution < -0.4 is 5.32 Å². The van der Waals surface area contributed by atoms with Crippen LogP contribution in [0.25, 0.3) is 0 Å². The fraction of sp³-hybridized carbons (Fsp3) is 0.567. The van der Waals surface area contributed by atoms with Gasteiger partial charge in [-0.25, -0.2) is 0 Å². The number of nitrogens with zero attached hydrogens (tertiary/aromatic N) is 5. The summed E-state index contributed by atoms with van der Waals surface area (Å²) in [6, 6.07) is 9.83. The zero-order chi connectivity index (χ0) is 27.0. The van der Waals surface area contributed by atoms with Crippen molar-refractivity contribution in [3.63, 3.8) is 0 Å². The summed E-state index contributed by atoms with van der Waals surface area (Å²) in [5.41, 5.74) is 1.90. The van der Waals surface area contributed by atoms with Gasteiger partial charge in [0.15, 0.2) is 0 Å². The molecule has 208 valence electrons. The number of piperidine rings is 1. The fourth-order valence-corrected chi connectivity index (χ4v) is 6.24. The number of nitrogens with one attached hydrogen (secondary N) is 1. The number of halogens is 3. The third-order valence-electron chi connectivity index (χ3n) is 8.63. The molecule has 2 aliphatic carbocycles. The Morgan fingerprint density at radius 1 is 1.08 bits per heavy atom. The highest BCUT2D eigenvalue weighted by molar-refractivity contribution is 5.48. The lowest BCUT2D eigenvalue weighted by Gasteiger charge is -2.34. The Morgan fingerprint density at radius 3 is 2.64 bits per heavy atom. The van der Waals surface area contributed by atoms with Crippen molar-refractivity contribution in [3.8, 4) is 0 Å². The maximum Gasteiger partial charge on any atom is 0.418 e. The molecule has 39 heavy (non-hydrogen) atoms.